The molecule has 1 unspecified atom stereocenters. The second-order valence-electron chi connectivity index (χ2n) is 3.19. The zero-order valence-corrected chi connectivity index (χ0v) is 8.66. The van der Waals surface area contributed by atoms with E-state index < -0.39 is 11.6 Å². The van der Waals surface area contributed by atoms with E-state index in [1.54, 1.807) is 12.1 Å². The first-order valence-corrected chi connectivity index (χ1v) is 4.61. The highest BCUT2D eigenvalue weighted by atomic mass is 19.1. The summed E-state index contributed by atoms with van der Waals surface area (Å²) >= 11 is 0. The van der Waals surface area contributed by atoms with Crippen molar-refractivity contribution in [3.05, 3.63) is 29.8 Å². The smallest absolute Gasteiger partial charge is 0.346 e. The van der Waals surface area contributed by atoms with Gasteiger partial charge in [0.1, 0.15) is 5.75 Å². The Morgan fingerprint density at radius 3 is 2.33 bits per heavy atom. The third-order valence-corrected chi connectivity index (χ3v) is 2.37. The van der Waals surface area contributed by atoms with E-state index in [9.17, 15) is 9.18 Å². The number of carbonyl (C=O) groups is 1. The fourth-order valence-electron chi connectivity index (χ4n) is 1.33. The van der Waals surface area contributed by atoms with Crippen molar-refractivity contribution in [3.8, 4) is 5.75 Å². The summed E-state index contributed by atoms with van der Waals surface area (Å²) < 4.78 is 18.9. The number of hydrogen-bond donors (Lipinski definition) is 1. The van der Waals surface area contributed by atoms with Gasteiger partial charge in [0, 0.05) is 5.56 Å². The zero-order chi connectivity index (χ0) is 11.5. The van der Waals surface area contributed by atoms with Crippen LogP contribution in [0.25, 0.3) is 0 Å². The number of halogens is 1. The summed E-state index contributed by atoms with van der Waals surface area (Å²) in [5.41, 5.74) is -2.18. The number of carboxylic acid groups (broad SMARTS) is 1. The van der Waals surface area contributed by atoms with Crippen LogP contribution in [0.5, 0.6) is 5.75 Å². The van der Waals surface area contributed by atoms with Gasteiger partial charge in [-0.3, -0.25) is 0 Å². The number of aliphatic carboxylic acids is 1. The van der Waals surface area contributed by atoms with Crippen molar-refractivity contribution >= 4 is 5.97 Å². The van der Waals surface area contributed by atoms with Crippen molar-refractivity contribution in [2.24, 2.45) is 0 Å². The van der Waals surface area contributed by atoms with Gasteiger partial charge >= 0.3 is 5.97 Å². The number of methoxy groups -OCH3 is 1. The van der Waals surface area contributed by atoms with Crippen LogP contribution in [0.1, 0.15) is 18.9 Å². The van der Waals surface area contributed by atoms with Gasteiger partial charge in [0.15, 0.2) is 0 Å². The van der Waals surface area contributed by atoms with E-state index in [2.05, 4.69) is 0 Å². The van der Waals surface area contributed by atoms with Gasteiger partial charge in [0.2, 0.25) is 5.67 Å². The summed E-state index contributed by atoms with van der Waals surface area (Å²) in [6, 6.07) is 5.94. The molecule has 0 bridgehead atoms. The Bertz CT molecular complexity index is 347. The first-order valence-electron chi connectivity index (χ1n) is 4.61. The molecule has 1 rings (SSSR count). The SMILES string of the molecule is CCC(F)(C(=O)O)c1ccc(OC)cc1. The molecule has 0 aliphatic heterocycles. The Morgan fingerprint density at radius 2 is 2.00 bits per heavy atom. The maximum Gasteiger partial charge on any atom is 0.346 e. The monoisotopic (exact) mass is 212 g/mol. The topological polar surface area (TPSA) is 46.5 Å². The summed E-state index contributed by atoms with van der Waals surface area (Å²) in [5.74, 6) is -0.891. The Balaban J connectivity index is 3.08. The van der Waals surface area contributed by atoms with Crippen LogP contribution >= 0.6 is 0 Å². The van der Waals surface area contributed by atoms with E-state index in [1.165, 1.54) is 26.2 Å². The molecule has 1 aromatic carbocycles. The number of alkyl halides is 1. The quantitative estimate of drug-likeness (QED) is 0.833. The molecule has 0 fully saturated rings. The standard InChI is InChI=1S/C11H13FO3/c1-3-11(12,10(13)14)8-4-6-9(15-2)7-5-8/h4-7H,3H2,1-2H3,(H,13,14). The minimum Gasteiger partial charge on any atom is -0.497 e. The maximum absolute atomic E-state index is 14.0. The van der Waals surface area contributed by atoms with E-state index in [0.29, 0.717) is 5.75 Å². The van der Waals surface area contributed by atoms with E-state index in [0.717, 1.165) is 0 Å². The zero-order valence-electron chi connectivity index (χ0n) is 8.66. The Kier molecular flexibility index (Phi) is 3.29. The number of benzene rings is 1. The molecular weight excluding hydrogens is 199 g/mol. The molecule has 3 nitrogen and oxygen atoms in total. The third-order valence-electron chi connectivity index (χ3n) is 2.37. The predicted molar refractivity (Wildman–Crippen MR) is 53.7 cm³/mol. The summed E-state index contributed by atoms with van der Waals surface area (Å²) in [5, 5.41) is 8.81. The number of rotatable bonds is 4. The summed E-state index contributed by atoms with van der Waals surface area (Å²) in [7, 11) is 1.49. The molecule has 0 radical (unpaired) electrons. The van der Waals surface area contributed by atoms with Gasteiger partial charge in [0.05, 0.1) is 7.11 Å². The van der Waals surface area contributed by atoms with E-state index in [-0.39, 0.29) is 12.0 Å². The molecule has 82 valence electrons. The minimum atomic E-state index is -2.31. The molecular formula is C11H13FO3. The van der Waals surface area contributed by atoms with Crippen LogP contribution in [-0.2, 0) is 10.5 Å². The van der Waals surface area contributed by atoms with Crippen LogP contribution < -0.4 is 4.74 Å². The van der Waals surface area contributed by atoms with E-state index in [1.807, 2.05) is 0 Å². The number of hydrogen-bond acceptors (Lipinski definition) is 2. The Labute approximate surface area is 87.5 Å². The van der Waals surface area contributed by atoms with Crippen LogP contribution in [0, 0.1) is 0 Å². The fourth-order valence-corrected chi connectivity index (χ4v) is 1.33. The Morgan fingerprint density at radius 1 is 1.47 bits per heavy atom. The lowest BCUT2D eigenvalue weighted by molar-refractivity contribution is -0.151. The molecule has 0 aliphatic carbocycles. The second kappa shape index (κ2) is 4.29. The average Bonchev–Trinajstić information content (AvgIpc) is 2.28. The Hall–Kier alpha value is -1.58. The normalized spacial score (nSPS) is 14.3. The number of carboxylic acids is 1. The fraction of sp³-hybridized carbons (Fsp3) is 0.364. The van der Waals surface area contributed by atoms with E-state index in [4.69, 9.17) is 9.84 Å². The molecule has 0 heterocycles. The van der Waals surface area contributed by atoms with Crippen molar-refractivity contribution in [2.45, 2.75) is 19.0 Å². The van der Waals surface area contributed by atoms with Gasteiger partial charge in [-0.1, -0.05) is 19.1 Å². The molecule has 15 heavy (non-hydrogen) atoms. The second-order valence-corrected chi connectivity index (χ2v) is 3.19. The molecule has 0 saturated heterocycles. The first-order chi connectivity index (χ1) is 7.04. The number of ether oxygens (including phenoxy) is 1. The lowest BCUT2D eigenvalue weighted by Gasteiger charge is -2.19. The average molecular weight is 212 g/mol. The van der Waals surface area contributed by atoms with Gasteiger partial charge < -0.3 is 9.84 Å². The van der Waals surface area contributed by atoms with Gasteiger partial charge in [-0.2, -0.15) is 0 Å². The molecule has 0 amide bonds. The van der Waals surface area contributed by atoms with Crippen LogP contribution in [0.3, 0.4) is 0 Å². The highest BCUT2D eigenvalue weighted by Gasteiger charge is 2.38. The van der Waals surface area contributed by atoms with Gasteiger partial charge in [-0.05, 0) is 18.6 Å². The maximum atomic E-state index is 14.0. The highest BCUT2D eigenvalue weighted by molar-refractivity contribution is 5.79. The van der Waals surface area contributed by atoms with Gasteiger partial charge in [-0.15, -0.1) is 0 Å². The summed E-state index contributed by atoms with van der Waals surface area (Å²) in [6.45, 7) is 1.50. The molecule has 0 saturated carbocycles. The van der Waals surface area contributed by atoms with Crippen molar-refractivity contribution in [1.82, 2.24) is 0 Å². The lowest BCUT2D eigenvalue weighted by Crippen LogP contribution is -2.29. The summed E-state index contributed by atoms with van der Waals surface area (Å²) in [6.07, 6.45) is -0.103. The van der Waals surface area contributed by atoms with Crippen LogP contribution in [0.15, 0.2) is 24.3 Å². The van der Waals surface area contributed by atoms with Gasteiger partial charge in [-0.25, -0.2) is 9.18 Å². The van der Waals surface area contributed by atoms with Crippen molar-refractivity contribution < 1.29 is 19.0 Å². The highest BCUT2D eigenvalue weighted by Crippen LogP contribution is 2.31. The van der Waals surface area contributed by atoms with Crippen LogP contribution in [0.2, 0.25) is 0 Å². The lowest BCUT2D eigenvalue weighted by atomic mass is 9.93. The van der Waals surface area contributed by atoms with Crippen molar-refractivity contribution in [3.63, 3.8) is 0 Å². The van der Waals surface area contributed by atoms with Gasteiger partial charge in [0.25, 0.3) is 0 Å². The molecule has 1 atom stereocenters. The van der Waals surface area contributed by atoms with Crippen molar-refractivity contribution in [1.29, 1.82) is 0 Å². The largest absolute Gasteiger partial charge is 0.497 e. The third kappa shape index (κ3) is 2.09. The van der Waals surface area contributed by atoms with Crippen LogP contribution in [-0.4, -0.2) is 18.2 Å². The predicted octanol–water partition coefficient (Wildman–Crippen LogP) is 2.35. The molecule has 1 aromatic rings. The molecule has 1 N–H and O–H groups in total. The summed E-state index contributed by atoms with van der Waals surface area (Å²) in [4.78, 5) is 10.8. The molecule has 4 heteroatoms. The molecule has 0 aliphatic rings. The van der Waals surface area contributed by atoms with Crippen molar-refractivity contribution in [2.75, 3.05) is 7.11 Å². The molecule has 0 spiro atoms. The first kappa shape index (κ1) is 11.5. The van der Waals surface area contributed by atoms with Crippen LogP contribution in [0.4, 0.5) is 4.39 Å². The van der Waals surface area contributed by atoms with E-state index >= 15 is 0 Å². The molecule has 0 aromatic heterocycles. The minimum absolute atomic E-state index is 0.103.